The summed E-state index contributed by atoms with van der Waals surface area (Å²) in [6.07, 6.45) is 2.19. The second kappa shape index (κ2) is 9.55. The topological polar surface area (TPSA) is 43.7 Å². The molecular weight excluding hydrogens is 250 g/mol. The zero-order valence-corrected chi connectivity index (χ0v) is 12.5. The van der Waals surface area contributed by atoms with Crippen LogP contribution in [0.2, 0.25) is 0 Å². The lowest BCUT2D eigenvalue weighted by molar-refractivity contribution is 0.136. The van der Waals surface area contributed by atoms with Gasteiger partial charge in [-0.25, -0.2) is 0 Å². The molecule has 3 heteroatoms. The largest absolute Gasteiger partial charge is 0.395 e. The van der Waals surface area contributed by atoms with Crippen LogP contribution in [0.5, 0.6) is 0 Å². The van der Waals surface area contributed by atoms with Gasteiger partial charge in [-0.05, 0) is 30.5 Å². The molecule has 0 aliphatic heterocycles. The molecule has 0 spiro atoms. The third-order valence-electron chi connectivity index (χ3n) is 3.50. The standard InChI is InChI=1S/C17H25NO2/c1-3-17(4-2)18(11-13-20)14-16-9-7-15(8-10-16)6-5-12-19/h7-10,17,19-20H,3-4,11-14H2,1-2H3. The zero-order chi connectivity index (χ0) is 14.8. The predicted octanol–water partition coefficient (Wildman–Crippen LogP) is 2.01. The molecule has 0 atom stereocenters. The van der Waals surface area contributed by atoms with Gasteiger partial charge < -0.3 is 10.2 Å². The molecule has 20 heavy (non-hydrogen) atoms. The highest BCUT2D eigenvalue weighted by Gasteiger charge is 2.14. The smallest absolute Gasteiger partial charge is 0.104 e. The summed E-state index contributed by atoms with van der Waals surface area (Å²) in [5.74, 6) is 5.54. The maximum Gasteiger partial charge on any atom is 0.104 e. The van der Waals surface area contributed by atoms with Crippen LogP contribution in [-0.4, -0.2) is 40.9 Å². The molecule has 110 valence electrons. The van der Waals surface area contributed by atoms with Gasteiger partial charge in [0.15, 0.2) is 0 Å². The molecule has 0 aliphatic rings. The lowest BCUT2D eigenvalue weighted by Crippen LogP contribution is -2.36. The number of rotatable bonds is 7. The number of nitrogens with zero attached hydrogens (tertiary/aromatic N) is 1. The van der Waals surface area contributed by atoms with Crippen molar-refractivity contribution in [2.24, 2.45) is 0 Å². The van der Waals surface area contributed by atoms with Gasteiger partial charge in [-0.3, -0.25) is 4.90 Å². The molecule has 1 rings (SSSR count). The van der Waals surface area contributed by atoms with E-state index in [1.165, 1.54) is 5.56 Å². The van der Waals surface area contributed by atoms with Gasteiger partial charge in [-0.1, -0.05) is 37.8 Å². The molecule has 0 heterocycles. The van der Waals surface area contributed by atoms with Crippen molar-refractivity contribution in [1.29, 1.82) is 0 Å². The molecular formula is C17H25NO2. The Bertz CT molecular complexity index is 427. The first kappa shape index (κ1) is 16.7. The Hall–Kier alpha value is -1.34. The lowest BCUT2D eigenvalue weighted by Gasteiger charge is -2.29. The zero-order valence-electron chi connectivity index (χ0n) is 12.5. The van der Waals surface area contributed by atoms with Gasteiger partial charge in [0.2, 0.25) is 0 Å². The summed E-state index contributed by atoms with van der Waals surface area (Å²) in [6.45, 7) is 6.01. The second-order valence-corrected chi connectivity index (χ2v) is 4.82. The molecule has 1 aromatic rings. The molecule has 3 nitrogen and oxygen atoms in total. The van der Waals surface area contributed by atoms with Crippen molar-refractivity contribution in [3.8, 4) is 11.8 Å². The highest BCUT2D eigenvalue weighted by atomic mass is 16.3. The Kier molecular flexibility index (Phi) is 7.98. The predicted molar refractivity (Wildman–Crippen MR) is 82.3 cm³/mol. The summed E-state index contributed by atoms with van der Waals surface area (Å²) in [7, 11) is 0. The van der Waals surface area contributed by atoms with Crippen molar-refractivity contribution in [2.75, 3.05) is 19.8 Å². The quantitative estimate of drug-likeness (QED) is 0.748. The summed E-state index contributed by atoms with van der Waals surface area (Å²) in [5.41, 5.74) is 2.14. The first-order chi connectivity index (χ1) is 9.74. The molecule has 1 aromatic carbocycles. The number of hydrogen-bond donors (Lipinski definition) is 2. The Morgan fingerprint density at radius 1 is 1.10 bits per heavy atom. The van der Waals surface area contributed by atoms with E-state index in [0.717, 1.165) is 24.9 Å². The van der Waals surface area contributed by atoms with Gasteiger partial charge in [-0.2, -0.15) is 0 Å². The van der Waals surface area contributed by atoms with E-state index in [1.54, 1.807) is 0 Å². The van der Waals surface area contributed by atoms with Crippen LogP contribution in [0.15, 0.2) is 24.3 Å². The lowest BCUT2D eigenvalue weighted by atomic mass is 10.1. The van der Waals surface area contributed by atoms with Crippen molar-refractivity contribution < 1.29 is 10.2 Å². The van der Waals surface area contributed by atoms with E-state index in [0.29, 0.717) is 12.6 Å². The normalized spacial score (nSPS) is 10.7. The Morgan fingerprint density at radius 2 is 1.75 bits per heavy atom. The SMILES string of the molecule is CCC(CC)N(CCO)Cc1ccc(C#CCO)cc1. The maximum absolute atomic E-state index is 9.21. The van der Waals surface area contributed by atoms with Crippen LogP contribution in [0.1, 0.15) is 37.8 Å². The van der Waals surface area contributed by atoms with Crippen molar-refractivity contribution in [2.45, 2.75) is 39.3 Å². The van der Waals surface area contributed by atoms with Crippen LogP contribution >= 0.6 is 0 Å². The van der Waals surface area contributed by atoms with Crippen LogP contribution in [0.25, 0.3) is 0 Å². The monoisotopic (exact) mass is 275 g/mol. The van der Waals surface area contributed by atoms with Crippen molar-refractivity contribution in [3.63, 3.8) is 0 Å². The van der Waals surface area contributed by atoms with Crippen LogP contribution in [0, 0.1) is 11.8 Å². The fourth-order valence-electron chi connectivity index (χ4n) is 2.39. The Morgan fingerprint density at radius 3 is 2.25 bits per heavy atom. The molecule has 2 N–H and O–H groups in total. The molecule has 0 radical (unpaired) electrons. The van der Waals surface area contributed by atoms with Crippen molar-refractivity contribution in [3.05, 3.63) is 35.4 Å². The van der Waals surface area contributed by atoms with Gasteiger partial charge in [0.25, 0.3) is 0 Å². The van der Waals surface area contributed by atoms with Crippen LogP contribution in [0.3, 0.4) is 0 Å². The van der Waals surface area contributed by atoms with Gasteiger partial charge in [0, 0.05) is 24.7 Å². The van der Waals surface area contributed by atoms with E-state index in [-0.39, 0.29) is 13.2 Å². The van der Waals surface area contributed by atoms with Crippen LogP contribution in [0.4, 0.5) is 0 Å². The van der Waals surface area contributed by atoms with Crippen LogP contribution < -0.4 is 0 Å². The highest BCUT2D eigenvalue weighted by molar-refractivity contribution is 5.36. The highest BCUT2D eigenvalue weighted by Crippen LogP contribution is 2.13. The van der Waals surface area contributed by atoms with E-state index in [9.17, 15) is 5.11 Å². The first-order valence-corrected chi connectivity index (χ1v) is 7.28. The fourth-order valence-corrected chi connectivity index (χ4v) is 2.39. The van der Waals surface area contributed by atoms with Gasteiger partial charge in [0.1, 0.15) is 6.61 Å². The summed E-state index contributed by atoms with van der Waals surface area (Å²) in [4.78, 5) is 2.33. The van der Waals surface area contributed by atoms with E-state index >= 15 is 0 Å². The molecule has 0 amide bonds. The number of hydrogen-bond acceptors (Lipinski definition) is 3. The first-order valence-electron chi connectivity index (χ1n) is 7.28. The van der Waals surface area contributed by atoms with Crippen molar-refractivity contribution >= 4 is 0 Å². The second-order valence-electron chi connectivity index (χ2n) is 4.82. The average molecular weight is 275 g/mol. The van der Waals surface area contributed by atoms with Gasteiger partial charge >= 0.3 is 0 Å². The number of aliphatic hydroxyl groups excluding tert-OH is 2. The maximum atomic E-state index is 9.21. The summed E-state index contributed by atoms with van der Waals surface area (Å²) in [5, 5.41) is 17.9. The average Bonchev–Trinajstić information content (AvgIpc) is 2.48. The number of benzene rings is 1. The fraction of sp³-hybridized carbons (Fsp3) is 0.529. The van der Waals surface area contributed by atoms with Crippen LogP contribution in [-0.2, 0) is 6.54 Å². The molecule has 0 fully saturated rings. The van der Waals surface area contributed by atoms with E-state index in [1.807, 2.05) is 12.1 Å². The van der Waals surface area contributed by atoms with Gasteiger partial charge in [0.05, 0.1) is 6.61 Å². The third-order valence-corrected chi connectivity index (χ3v) is 3.50. The van der Waals surface area contributed by atoms with E-state index in [2.05, 4.69) is 42.7 Å². The molecule has 0 aliphatic carbocycles. The molecule has 0 saturated carbocycles. The molecule has 0 aromatic heterocycles. The Balaban J connectivity index is 2.73. The molecule has 0 saturated heterocycles. The Labute approximate surface area is 122 Å². The third kappa shape index (κ3) is 5.34. The minimum absolute atomic E-state index is 0.110. The van der Waals surface area contributed by atoms with Crippen molar-refractivity contribution in [1.82, 2.24) is 4.90 Å². The summed E-state index contributed by atoms with van der Waals surface area (Å²) >= 11 is 0. The minimum Gasteiger partial charge on any atom is -0.395 e. The van der Waals surface area contributed by atoms with Gasteiger partial charge in [-0.15, -0.1) is 0 Å². The molecule has 0 unspecified atom stereocenters. The van der Waals surface area contributed by atoms with E-state index < -0.39 is 0 Å². The molecule has 0 bridgehead atoms. The van der Waals surface area contributed by atoms with E-state index in [4.69, 9.17) is 5.11 Å². The summed E-state index contributed by atoms with van der Waals surface area (Å²) < 4.78 is 0. The number of aliphatic hydroxyl groups is 2. The minimum atomic E-state index is -0.110. The summed E-state index contributed by atoms with van der Waals surface area (Å²) in [6, 6.07) is 8.59.